The van der Waals surface area contributed by atoms with E-state index in [4.69, 9.17) is 15.0 Å². The Hall–Kier alpha value is -3.45. The molecule has 2 aromatic carbocycles. The van der Waals surface area contributed by atoms with Gasteiger partial charge < -0.3 is 15.0 Å². The van der Waals surface area contributed by atoms with E-state index in [9.17, 15) is 4.79 Å². The molecule has 0 unspecified atom stereocenters. The standard InChI is InChI=1S/C23H26N4O3/c1-23(2,19-15-20(30-27-19)26-22(24)25-12-13-29-3)18-11-7-10-17(14-18)21(28)16-8-5-4-6-9-16/h4-11,14-15H,12-13H2,1-3H3,(H3,24,25,26). The number of nitrogens with one attached hydrogen (secondary N) is 1. The summed E-state index contributed by atoms with van der Waals surface area (Å²) in [5, 5.41) is 7.07. The van der Waals surface area contributed by atoms with Crippen molar-refractivity contribution in [3.63, 3.8) is 0 Å². The fourth-order valence-corrected chi connectivity index (χ4v) is 3.01. The van der Waals surface area contributed by atoms with Crippen LogP contribution in [0.5, 0.6) is 0 Å². The van der Waals surface area contributed by atoms with Gasteiger partial charge in [-0.3, -0.25) is 15.1 Å². The predicted molar refractivity (Wildman–Crippen MR) is 117 cm³/mol. The highest BCUT2D eigenvalue weighted by atomic mass is 16.5. The van der Waals surface area contributed by atoms with E-state index in [0.717, 1.165) is 5.56 Å². The molecule has 30 heavy (non-hydrogen) atoms. The van der Waals surface area contributed by atoms with Gasteiger partial charge in [-0.15, -0.1) is 0 Å². The van der Waals surface area contributed by atoms with Crippen molar-refractivity contribution in [1.29, 1.82) is 0 Å². The third kappa shape index (κ3) is 4.93. The largest absolute Gasteiger partial charge is 0.383 e. The number of ether oxygens (including phenoxy) is 1. The van der Waals surface area contributed by atoms with Crippen molar-refractivity contribution in [1.82, 2.24) is 5.16 Å². The maximum absolute atomic E-state index is 12.8. The molecule has 0 aliphatic carbocycles. The summed E-state index contributed by atoms with van der Waals surface area (Å²) in [6.45, 7) is 4.98. The Morgan fingerprint density at radius 3 is 2.60 bits per heavy atom. The van der Waals surface area contributed by atoms with E-state index >= 15 is 0 Å². The number of benzene rings is 2. The molecule has 0 saturated carbocycles. The van der Waals surface area contributed by atoms with Gasteiger partial charge in [0.1, 0.15) is 0 Å². The van der Waals surface area contributed by atoms with Crippen LogP contribution in [0.1, 0.15) is 41.0 Å². The molecule has 156 valence electrons. The van der Waals surface area contributed by atoms with Crippen LogP contribution in [0.2, 0.25) is 0 Å². The smallest absolute Gasteiger partial charge is 0.231 e. The van der Waals surface area contributed by atoms with E-state index in [1.54, 1.807) is 13.2 Å². The van der Waals surface area contributed by atoms with Crippen LogP contribution >= 0.6 is 0 Å². The summed E-state index contributed by atoms with van der Waals surface area (Å²) in [7, 11) is 1.60. The number of carbonyl (C=O) groups excluding carboxylic acids is 1. The van der Waals surface area contributed by atoms with Crippen molar-refractivity contribution in [3.8, 4) is 0 Å². The van der Waals surface area contributed by atoms with E-state index in [2.05, 4.69) is 15.5 Å². The lowest BCUT2D eigenvalue weighted by molar-refractivity contribution is 0.103. The van der Waals surface area contributed by atoms with Crippen molar-refractivity contribution in [3.05, 3.63) is 83.0 Å². The average molecular weight is 406 g/mol. The number of aliphatic imine (C=N–C) groups is 1. The first-order valence-electron chi connectivity index (χ1n) is 9.65. The Balaban J connectivity index is 1.80. The van der Waals surface area contributed by atoms with Gasteiger partial charge in [0.25, 0.3) is 0 Å². The Labute approximate surface area is 175 Å². The molecule has 3 aromatic rings. The molecule has 0 fully saturated rings. The molecule has 0 spiro atoms. The van der Waals surface area contributed by atoms with Gasteiger partial charge in [-0.2, -0.15) is 0 Å². The van der Waals surface area contributed by atoms with Crippen molar-refractivity contribution < 1.29 is 14.1 Å². The van der Waals surface area contributed by atoms with Crippen molar-refractivity contribution in [2.24, 2.45) is 10.7 Å². The van der Waals surface area contributed by atoms with Gasteiger partial charge >= 0.3 is 0 Å². The van der Waals surface area contributed by atoms with E-state index in [0.29, 0.717) is 35.9 Å². The van der Waals surface area contributed by atoms with Gasteiger partial charge in [-0.05, 0) is 11.6 Å². The van der Waals surface area contributed by atoms with Crippen molar-refractivity contribution in [2.75, 3.05) is 25.6 Å². The first kappa shape index (κ1) is 21.3. The van der Waals surface area contributed by atoms with Crippen molar-refractivity contribution >= 4 is 17.6 Å². The number of rotatable bonds is 8. The first-order chi connectivity index (χ1) is 14.4. The maximum Gasteiger partial charge on any atom is 0.231 e. The second kappa shape index (κ2) is 9.37. The second-order valence-electron chi connectivity index (χ2n) is 7.36. The number of carbonyl (C=O) groups is 1. The number of anilines is 1. The lowest BCUT2D eigenvalue weighted by Crippen LogP contribution is -2.23. The number of nitrogens with two attached hydrogens (primary N) is 1. The minimum absolute atomic E-state index is 0.0178. The summed E-state index contributed by atoms with van der Waals surface area (Å²) in [5.74, 6) is 0.604. The van der Waals surface area contributed by atoms with Gasteiger partial charge in [0, 0.05) is 29.7 Å². The molecule has 0 saturated heterocycles. The van der Waals surface area contributed by atoms with Gasteiger partial charge in [0.05, 0.1) is 18.8 Å². The third-order valence-electron chi connectivity index (χ3n) is 4.86. The fourth-order valence-electron chi connectivity index (χ4n) is 3.01. The predicted octanol–water partition coefficient (Wildman–Crippen LogP) is 3.60. The van der Waals surface area contributed by atoms with Gasteiger partial charge in [0.2, 0.25) is 5.88 Å². The molecule has 1 aromatic heterocycles. The molecule has 7 nitrogen and oxygen atoms in total. The molecule has 0 bridgehead atoms. The number of hydrogen-bond acceptors (Lipinski definition) is 5. The minimum atomic E-state index is -0.488. The van der Waals surface area contributed by atoms with Crippen LogP contribution in [0.4, 0.5) is 5.88 Å². The summed E-state index contributed by atoms with van der Waals surface area (Å²) in [4.78, 5) is 16.9. The minimum Gasteiger partial charge on any atom is -0.383 e. The molecule has 0 aliphatic rings. The number of guanidine groups is 1. The molecular weight excluding hydrogens is 380 g/mol. The highest BCUT2D eigenvalue weighted by Gasteiger charge is 2.28. The summed E-state index contributed by atoms with van der Waals surface area (Å²) >= 11 is 0. The Morgan fingerprint density at radius 2 is 1.87 bits per heavy atom. The molecule has 3 N–H and O–H groups in total. The Bertz CT molecular complexity index is 1030. The Morgan fingerprint density at radius 1 is 1.13 bits per heavy atom. The summed E-state index contributed by atoms with van der Waals surface area (Å²) in [6, 6.07) is 18.6. The van der Waals surface area contributed by atoms with E-state index in [-0.39, 0.29) is 11.7 Å². The normalized spacial score (nSPS) is 12.0. The quantitative estimate of drug-likeness (QED) is 0.256. The summed E-state index contributed by atoms with van der Waals surface area (Å²) in [5.41, 5.74) is 8.30. The van der Waals surface area contributed by atoms with Crippen LogP contribution in [0, 0.1) is 0 Å². The van der Waals surface area contributed by atoms with Crippen LogP contribution in [0.3, 0.4) is 0 Å². The van der Waals surface area contributed by atoms with Crippen molar-refractivity contribution in [2.45, 2.75) is 19.3 Å². The number of nitrogens with zero attached hydrogens (tertiary/aromatic N) is 2. The van der Waals surface area contributed by atoms with Crippen LogP contribution in [-0.2, 0) is 10.2 Å². The zero-order valence-electron chi connectivity index (χ0n) is 17.4. The molecule has 1 heterocycles. The van der Waals surface area contributed by atoms with Crippen LogP contribution < -0.4 is 11.1 Å². The monoisotopic (exact) mass is 406 g/mol. The highest BCUT2D eigenvalue weighted by Crippen LogP contribution is 2.32. The van der Waals surface area contributed by atoms with E-state index in [1.165, 1.54) is 0 Å². The molecule has 0 radical (unpaired) electrons. The maximum atomic E-state index is 12.8. The van der Waals surface area contributed by atoms with Crippen LogP contribution in [0.25, 0.3) is 0 Å². The SMILES string of the molecule is COCCN=C(N)Nc1cc(C(C)(C)c2cccc(C(=O)c3ccccc3)c2)no1. The molecule has 0 amide bonds. The Kier molecular flexibility index (Phi) is 6.64. The number of hydrogen-bond donors (Lipinski definition) is 2. The van der Waals surface area contributed by atoms with Crippen LogP contribution in [-0.4, -0.2) is 37.2 Å². The second-order valence-corrected chi connectivity index (χ2v) is 7.36. The number of aromatic nitrogens is 1. The van der Waals surface area contributed by atoms with Gasteiger partial charge in [-0.1, -0.05) is 67.5 Å². The zero-order valence-corrected chi connectivity index (χ0v) is 17.4. The lowest BCUT2D eigenvalue weighted by Gasteiger charge is -2.22. The molecule has 0 atom stereocenters. The van der Waals surface area contributed by atoms with E-state index in [1.807, 2.05) is 68.4 Å². The van der Waals surface area contributed by atoms with Crippen LogP contribution in [0.15, 0.2) is 70.2 Å². The molecule has 7 heteroatoms. The lowest BCUT2D eigenvalue weighted by atomic mass is 9.80. The fraction of sp³-hybridized carbons (Fsp3) is 0.261. The number of methoxy groups -OCH3 is 1. The molecular formula is C23H26N4O3. The average Bonchev–Trinajstić information content (AvgIpc) is 3.23. The van der Waals surface area contributed by atoms with Gasteiger partial charge in [-0.25, -0.2) is 0 Å². The van der Waals surface area contributed by atoms with E-state index < -0.39 is 5.41 Å². The third-order valence-corrected chi connectivity index (χ3v) is 4.86. The summed E-state index contributed by atoms with van der Waals surface area (Å²) < 4.78 is 10.3. The zero-order chi connectivity index (χ0) is 21.6. The van der Waals surface area contributed by atoms with Gasteiger partial charge in [0.15, 0.2) is 11.7 Å². The molecule has 3 rings (SSSR count). The topological polar surface area (TPSA) is 103 Å². The first-order valence-corrected chi connectivity index (χ1v) is 9.65. The summed E-state index contributed by atoms with van der Waals surface area (Å²) in [6.07, 6.45) is 0. The highest BCUT2D eigenvalue weighted by molar-refractivity contribution is 6.09. The molecule has 0 aliphatic heterocycles. The number of ketones is 1.